The number of sulfone groups is 1. The van der Waals surface area contributed by atoms with Crippen molar-refractivity contribution in [3.05, 3.63) is 49.0 Å². The molecule has 2 aromatic rings. The Balaban J connectivity index is 1.91. The van der Waals surface area contributed by atoms with Gasteiger partial charge in [-0.25, -0.2) is 8.42 Å². The van der Waals surface area contributed by atoms with Crippen molar-refractivity contribution in [1.29, 1.82) is 0 Å². The Morgan fingerprint density at radius 1 is 1.15 bits per heavy atom. The molecule has 0 spiro atoms. The average molecular weight is 439 g/mol. The highest BCUT2D eigenvalue weighted by Crippen LogP contribution is 2.32. The monoisotopic (exact) mass is 437 g/mol. The fourth-order valence-corrected chi connectivity index (χ4v) is 4.44. The summed E-state index contributed by atoms with van der Waals surface area (Å²) in [6.07, 6.45) is 1.22. The minimum atomic E-state index is -3.11. The van der Waals surface area contributed by atoms with Crippen molar-refractivity contribution in [3.63, 3.8) is 0 Å². The van der Waals surface area contributed by atoms with E-state index >= 15 is 0 Å². The smallest absolute Gasteiger partial charge is 0.175 e. The first-order valence-electron chi connectivity index (χ1n) is 5.79. The molecule has 0 fully saturated rings. The van der Waals surface area contributed by atoms with Crippen molar-refractivity contribution in [3.8, 4) is 0 Å². The van der Waals surface area contributed by atoms with Gasteiger partial charge >= 0.3 is 0 Å². The molecule has 1 aromatic carbocycles. The molecule has 20 heavy (non-hydrogen) atoms. The highest BCUT2D eigenvalue weighted by Gasteiger charge is 2.06. The van der Waals surface area contributed by atoms with E-state index in [2.05, 4.69) is 43.2 Å². The van der Waals surface area contributed by atoms with E-state index in [1.165, 1.54) is 11.1 Å². The Hall–Kier alpha value is -0.210. The van der Waals surface area contributed by atoms with Gasteiger partial charge in [-0.1, -0.05) is 12.1 Å². The number of thiophene rings is 1. The number of benzene rings is 1. The lowest BCUT2D eigenvalue weighted by Crippen LogP contribution is -2.11. The van der Waals surface area contributed by atoms with Crippen molar-refractivity contribution in [2.24, 2.45) is 0 Å². The molecule has 108 valence electrons. The molecule has 0 saturated carbocycles. The summed E-state index contributed by atoms with van der Waals surface area (Å²) < 4.78 is 24.9. The standard InChI is InChI=1S/C13H13Br2NO2S2/c1-20(17,18)11-4-2-9(3-5-11)7-16-8-10-6-12(14)13(15)19-10/h2-6,16H,7-8H2,1H3. The quantitative estimate of drug-likeness (QED) is 0.768. The van der Waals surface area contributed by atoms with Gasteiger partial charge in [0.25, 0.3) is 0 Å². The van der Waals surface area contributed by atoms with E-state index in [0.717, 1.165) is 20.4 Å². The molecule has 0 saturated heterocycles. The second kappa shape index (κ2) is 6.70. The molecule has 0 bridgehead atoms. The Kier molecular flexibility index (Phi) is 5.42. The van der Waals surface area contributed by atoms with Crippen molar-refractivity contribution >= 4 is 53.0 Å². The Labute approximate surface area is 139 Å². The number of hydrogen-bond acceptors (Lipinski definition) is 4. The zero-order chi connectivity index (χ0) is 14.8. The lowest BCUT2D eigenvalue weighted by atomic mass is 10.2. The summed E-state index contributed by atoms with van der Waals surface area (Å²) in [6, 6.07) is 9.04. The number of nitrogens with one attached hydrogen (secondary N) is 1. The second-order valence-corrected chi connectivity index (χ2v) is 9.68. The summed E-state index contributed by atoms with van der Waals surface area (Å²) in [6.45, 7) is 1.49. The van der Waals surface area contributed by atoms with Crippen LogP contribution in [0.25, 0.3) is 0 Å². The van der Waals surface area contributed by atoms with Crippen LogP contribution in [0.5, 0.6) is 0 Å². The molecule has 0 aliphatic rings. The largest absolute Gasteiger partial charge is 0.308 e. The molecular weight excluding hydrogens is 426 g/mol. The summed E-state index contributed by atoms with van der Waals surface area (Å²) in [5, 5.41) is 3.34. The van der Waals surface area contributed by atoms with E-state index in [1.54, 1.807) is 23.5 Å². The minimum Gasteiger partial charge on any atom is -0.308 e. The van der Waals surface area contributed by atoms with E-state index < -0.39 is 9.84 Å². The molecule has 3 nitrogen and oxygen atoms in total. The van der Waals surface area contributed by atoms with Gasteiger partial charge in [0.05, 0.1) is 8.68 Å². The second-order valence-electron chi connectivity index (χ2n) is 4.35. The molecule has 0 amide bonds. The molecule has 1 N–H and O–H groups in total. The lowest BCUT2D eigenvalue weighted by molar-refractivity contribution is 0.602. The van der Waals surface area contributed by atoms with Crippen LogP contribution in [-0.4, -0.2) is 14.7 Å². The van der Waals surface area contributed by atoms with Gasteiger partial charge in [0.15, 0.2) is 9.84 Å². The van der Waals surface area contributed by atoms with Gasteiger partial charge in [-0.3, -0.25) is 0 Å². The van der Waals surface area contributed by atoms with Crippen molar-refractivity contribution in [2.45, 2.75) is 18.0 Å². The number of halogens is 2. The maximum Gasteiger partial charge on any atom is 0.175 e. The molecule has 1 aromatic heterocycles. The Morgan fingerprint density at radius 2 is 1.80 bits per heavy atom. The van der Waals surface area contributed by atoms with Gasteiger partial charge in [-0.15, -0.1) is 11.3 Å². The third kappa shape index (κ3) is 4.39. The van der Waals surface area contributed by atoms with E-state index in [1.807, 2.05) is 12.1 Å². The molecular formula is C13H13Br2NO2S2. The lowest BCUT2D eigenvalue weighted by Gasteiger charge is -2.04. The van der Waals surface area contributed by atoms with Crippen molar-refractivity contribution < 1.29 is 8.42 Å². The topological polar surface area (TPSA) is 46.2 Å². The summed E-state index contributed by atoms with van der Waals surface area (Å²) in [5.41, 5.74) is 1.06. The molecule has 0 atom stereocenters. The maximum atomic E-state index is 11.4. The number of rotatable bonds is 5. The van der Waals surface area contributed by atoms with E-state index in [4.69, 9.17) is 0 Å². The predicted molar refractivity (Wildman–Crippen MR) is 89.8 cm³/mol. The van der Waals surface area contributed by atoms with Crippen molar-refractivity contribution in [1.82, 2.24) is 5.32 Å². The molecule has 7 heteroatoms. The minimum absolute atomic E-state index is 0.354. The maximum absolute atomic E-state index is 11.4. The normalized spacial score (nSPS) is 11.8. The van der Waals surface area contributed by atoms with E-state index in [0.29, 0.717) is 11.4 Å². The van der Waals surface area contributed by atoms with Crippen LogP contribution in [0.4, 0.5) is 0 Å². The van der Waals surface area contributed by atoms with Crippen molar-refractivity contribution in [2.75, 3.05) is 6.26 Å². The summed E-state index contributed by atoms with van der Waals surface area (Å²) in [7, 11) is -3.11. The molecule has 0 aliphatic heterocycles. The van der Waals surface area contributed by atoms with Gasteiger partial charge in [0.2, 0.25) is 0 Å². The van der Waals surface area contributed by atoms with E-state index in [9.17, 15) is 8.42 Å². The molecule has 0 unspecified atom stereocenters. The van der Waals surface area contributed by atoms with Gasteiger partial charge < -0.3 is 5.32 Å². The first-order valence-corrected chi connectivity index (χ1v) is 10.1. The van der Waals surface area contributed by atoms with Gasteiger partial charge in [-0.2, -0.15) is 0 Å². The Bertz CT molecular complexity index is 674. The van der Waals surface area contributed by atoms with Crippen LogP contribution in [0.1, 0.15) is 10.4 Å². The first-order chi connectivity index (χ1) is 9.36. The van der Waals surface area contributed by atoms with Gasteiger partial charge in [0.1, 0.15) is 0 Å². The summed E-state index contributed by atoms with van der Waals surface area (Å²) in [4.78, 5) is 1.59. The zero-order valence-corrected chi connectivity index (χ0v) is 15.5. The average Bonchev–Trinajstić information content (AvgIpc) is 2.68. The predicted octanol–water partition coefficient (Wildman–Crippen LogP) is 3.97. The molecule has 0 aliphatic carbocycles. The van der Waals surface area contributed by atoms with Crippen LogP contribution in [0.15, 0.2) is 43.5 Å². The molecule has 1 heterocycles. The van der Waals surface area contributed by atoms with Crippen LogP contribution >= 0.6 is 43.2 Å². The van der Waals surface area contributed by atoms with Crippen LogP contribution in [0.2, 0.25) is 0 Å². The van der Waals surface area contributed by atoms with Crippen LogP contribution in [-0.2, 0) is 22.9 Å². The molecule has 0 radical (unpaired) electrons. The third-order valence-electron chi connectivity index (χ3n) is 2.68. The van der Waals surface area contributed by atoms with Crippen LogP contribution in [0, 0.1) is 0 Å². The zero-order valence-electron chi connectivity index (χ0n) is 10.7. The fourth-order valence-electron chi connectivity index (χ4n) is 1.66. The SMILES string of the molecule is CS(=O)(=O)c1ccc(CNCc2cc(Br)c(Br)s2)cc1. The van der Waals surface area contributed by atoms with E-state index in [-0.39, 0.29) is 0 Å². The van der Waals surface area contributed by atoms with Crippen LogP contribution < -0.4 is 5.32 Å². The fraction of sp³-hybridized carbons (Fsp3) is 0.231. The van der Waals surface area contributed by atoms with Gasteiger partial charge in [-0.05, 0) is 55.6 Å². The third-order valence-corrected chi connectivity index (χ3v) is 7.06. The highest BCUT2D eigenvalue weighted by molar-refractivity contribution is 9.13. The Morgan fingerprint density at radius 3 is 2.30 bits per heavy atom. The highest BCUT2D eigenvalue weighted by atomic mass is 79.9. The first kappa shape index (κ1) is 16.2. The molecule has 2 rings (SSSR count). The summed E-state index contributed by atoms with van der Waals surface area (Å²) >= 11 is 8.61. The van der Waals surface area contributed by atoms with Gasteiger partial charge in [0, 0.05) is 28.7 Å². The van der Waals surface area contributed by atoms with Crippen LogP contribution in [0.3, 0.4) is 0 Å². The number of hydrogen-bond donors (Lipinski definition) is 1. The summed E-state index contributed by atoms with van der Waals surface area (Å²) in [5.74, 6) is 0.